The van der Waals surface area contributed by atoms with Gasteiger partial charge in [0.05, 0.1) is 18.8 Å². The highest BCUT2D eigenvalue weighted by Crippen LogP contribution is 2.21. The van der Waals surface area contributed by atoms with Crippen LogP contribution in [0.1, 0.15) is 22.8 Å². The molecule has 1 aromatic carbocycles. The van der Waals surface area contributed by atoms with E-state index in [4.69, 9.17) is 9.84 Å². The lowest BCUT2D eigenvalue weighted by Gasteiger charge is -2.36. The highest BCUT2D eigenvalue weighted by Gasteiger charge is 2.31. The minimum Gasteiger partial charge on any atom is -0.394 e. The van der Waals surface area contributed by atoms with Crippen molar-refractivity contribution in [1.29, 1.82) is 0 Å². The molecule has 1 N–H and O–H groups in total. The summed E-state index contributed by atoms with van der Waals surface area (Å²) in [6, 6.07) is 2.37. The normalized spacial score (nSPS) is 22.9. The zero-order chi connectivity index (χ0) is 14.9. The van der Waals surface area contributed by atoms with E-state index in [1.54, 1.807) is 6.92 Å². The number of rotatable bonds is 2. The molecular weight excluding hydrogens is 268 g/mol. The van der Waals surface area contributed by atoms with Gasteiger partial charge >= 0.3 is 0 Å². The molecule has 0 spiro atoms. The van der Waals surface area contributed by atoms with E-state index in [0.29, 0.717) is 0 Å². The van der Waals surface area contributed by atoms with Gasteiger partial charge in [-0.2, -0.15) is 0 Å². The topological polar surface area (TPSA) is 49.8 Å². The molecule has 0 aliphatic carbocycles. The summed E-state index contributed by atoms with van der Waals surface area (Å²) in [5.41, 5.74) is -0.328. The summed E-state index contributed by atoms with van der Waals surface area (Å²) in [7, 11) is 0. The lowest BCUT2D eigenvalue weighted by molar-refractivity contribution is -0.0860. The smallest absolute Gasteiger partial charge is 0.260 e. The lowest BCUT2D eigenvalue weighted by Crippen LogP contribution is -2.50. The first-order valence-corrected chi connectivity index (χ1v) is 6.44. The molecular formula is C14H17F2NO3. The summed E-state index contributed by atoms with van der Waals surface area (Å²) in [5, 5.41) is 9.12. The number of morpholine rings is 1. The summed E-state index contributed by atoms with van der Waals surface area (Å²) < 4.78 is 33.1. The minimum atomic E-state index is -0.877. The summed E-state index contributed by atoms with van der Waals surface area (Å²) in [6.07, 6.45) is -0.820. The molecule has 1 saturated heterocycles. The van der Waals surface area contributed by atoms with E-state index in [1.807, 2.05) is 0 Å². The third-order valence-electron chi connectivity index (χ3n) is 3.32. The van der Waals surface area contributed by atoms with Crippen LogP contribution in [0.3, 0.4) is 0 Å². The van der Waals surface area contributed by atoms with Crippen molar-refractivity contribution in [1.82, 2.24) is 4.90 Å². The van der Waals surface area contributed by atoms with Crippen LogP contribution in [0, 0.1) is 18.6 Å². The van der Waals surface area contributed by atoms with E-state index >= 15 is 0 Å². The molecule has 2 atom stereocenters. The van der Waals surface area contributed by atoms with Crippen molar-refractivity contribution in [3.05, 3.63) is 34.9 Å². The van der Waals surface area contributed by atoms with Gasteiger partial charge in [-0.3, -0.25) is 4.79 Å². The van der Waals surface area contributed by atoms with Gasteiger partial charge in [0, 0.05) is 13.1 Å². The monoisotopic (exact) mass is 285 g/mol. The quantitative estimate of drug-likeness (QED) is 0.896. The Morgan fingerprint density at radius 3 is 2.80 bits per heavy atom. The van der Waals surface area contributed by atoms with Crippen LogP contribution in [0.25, 0.3) is 0 Å². The Kier molecular flexibility index (Phi) is 4.35. The number of benzene rings is 1. The number of hydrogen-bond donors (Lipinski definition) is 1. The first-order valence-electron chi connectivity index (χ1n) is 6.44. The average Bonchev–Trinajstić information content (AvgIpc) is 2.42. The highest BCUT2D eigenvalue weighted by atomic mass is 19.1. The first kappa shape index (κ1) is 14.9. The maximum absolute atomic E-state index is 14.0. The standard InChI is InChI=1S/C14H17F2NO3/c1-8-3-4-11(15)12(13(8)16)14(19)17-5-9(2)20-10(6-17)7-18/h3-4,9-10,18H,5-7H2,1-2H3. The van der Waals surface area contributed by atoms with Crippen LogP contribution in [0.4, 0.5) is 8.78 Å². The number of aliphatic hydroxyl groups excluding tert-OH is 1. The minimum absolute atomic E-state index is 0.118. The molecule has 1 aliphatic rings. The van der Waals surface area contributed by atoms with Crippen LogP contribution < -0.4 is 0 Å². The number of carbonyl (C=O) groups excluding carboxylic acids is 1. The Bertz CT molecular complexity index is 521. The van der Waals surface area contributed by atoms with Gasteiger partial charge in [0.15, 0.2) is 0 Å². The van der Waals surface area contributed by atoms with E-state index in [0.717, 1.165) is 6.07 Å². The molecule has 6 heteroatoms. The Morgan fingerprint density at radius 2 is 2.15 bits per heavy atom. The molecule has 0 saturated carbocycles. The lowest BCUT2D eigenvalue weighted by atomic mass is 10.1. The van der Waals surface area contributed by atoms with Gasteiger partial charge in [-0.15, -0.1) is 0 Å². The molecule has 1 aromatic rings. The predicted octanol–water partition coefficient (Wildman–Crippen LogP) is 1.50. The van der Waals surface area contributed by atoms with Crippen LogP contribution in [-0.4, -0.2) is 47.8 Å². The fraction of sp³-hybridized carbons (Fsp3) is 0.500. The molecule has 0 aromatic heterocycles. The summed E-state index contributed by atoms with van der Waals surface area (Å²) in [5.74, 6) is -2.43. The van der Waals surface area contributed by atoms with Crippen molar-refractivity contribution in [3.63, 3.8) is 0 Å². The van der Waals surface area contributed by atoms with E-state index in [-0.39, 0.29) is 31.4 Å². The van der Waals surface area contributed by atoms with Crippen LogP contribution in [0.5, 0.6) is 0 Å². The van der Waals surface area contributed by atoms with E-state index in [1.165, 1.54) is 17.9 Å². The maximum Gasteiger partial charge on any atom is 0.260 e. The fourth-order valence-corrected chi connectivity index (χ4v) is 2.32. The van der Waals surface area contributed by atoms with Crippen molar-refractivity contribution in [2.24, 2.45) is 0 Å². The predicted molar refractivity (Wildman–Crippen MR) is 68.4 cm³/mol. The third kappa shape index (κ3) is 2.81. The zero-order valence-corrected chi connectivity index (χ0v) is 11.4. The summed E-state index contributed by atoms with van der Waals surface area (Å²) in [6.45, 7) is 3.33. The SMILES string of the molecule is Cc1ccc(F)c(C(=O)N2CC(C)OC(CO)C2)c1F. The van der Waals surface area contributed by atoms with Crippen LogP contribution in [0.15, 0.2) is 12.1 Å². The Balaban J connectivity index is 2.29. The largest absolute Gasteiger partial charge is 0.394 e. The van der Waals surface area contributed by atoms with Gasteiger partial charge in [-0.05, 0) is 25.5 Å². The fourth-order valence-electron chi connectivity index (χ4n) is 2.32. The average molecular weight is 285 g/mol. The summed E-state index contributed by atoms with van der Waals surface area (Å²) >= 11 is 0. The highest BCUT2D eigenvalue weighted by molar-refractivity contribution is 5.95. The first-order chi connectivity index (χ1) is 9.43. The van der Waals surface area contributed by atoms with E-state index < -0.39 is 29.2 Å². The molecule has 110 valence electrons. The number of carbonyl (C=O) groups is 1. The number of nitrogens with zero attached hydrogens (tertiary/aromatic N) is 1. The number of hydrogen-bond acceptors (Lipinski definition) is 3. The second-order valence-corrected chi connectivity index (χ2v) is 5.01. The van der Waals surface area contributed by atoms with Crippen molar-refractivity contribution in [2.45, 2.75) is 26.1 Å². The molecule has 1 amide bonds. The van der Waals surface area contributed by atoms with Crippen molar-refractivity contribution in [2.75, 3.05) is 19.7 Å². The number of ether oxygens (including phenoxy) is 1. The van der Waals surface area contributed by atoms with E-state index in [2.05, 4.69) is 0 Å². The molecule has 2 unspecified atom stereocenters. The van der Waals surface area contributed by atoms with Crippen molar-refractivity contribution >= 4 is 5.91 Å². The van der Waals surface area contributed by atoms with Crippen LogP contribution in [-0.2, 0) is 4.74 Å². The second-order valence-electron chi connectivity index (χ2n) is 5.01. The Labute approximate surface area is 116 Å². The maximum atomic E-state index is 14.0. The molecule has 1 aliphatic heterocycles. The second kappa shape index (κ2) is 5.85. The van der Waals surface area contributed by atoms with Gasteiger partial charge in [0.1, 0.15) is 17.2 Å². The molecule has 1 fully saturated rings. The van der Waals surface area contributed by atoms with Crippen molar-refractivity contribution < 1.29 is 23.4 Å². The molecule has 0 radical (unpaired) electrons. The third-order valence-corrected chi connectivity index (χ3v) is 3.32. The molecule has 0 bridgehead atoms. The van der Waals surface area contributed by atoms with E-state index in [9.17, 15) is 13.6 Å². The van der Waals surface area contributed by atoms with Gasteiger partial charge < -0.3 is 14.7 Å². The Morgan fingerprint density at radius 1 is 1.45 bits per heavy atom. The molecule has 4 nitrogen and oxygen atoms in total. The van der Waals surface area contributed by atoms with Crippen LogP contribution in [0.2, 0.25) is 0 Å². The van der Waals surface area contributed by atoms with Gasteiger partial charge in [0.25, 0.3) is 5.91 Å². The van der Waals surface area contributed by atoms with Gasteiger partial charge in [0.2, 0.25) is 0 Å². The number of aliphatic hydroxyl groups is 1. The van der Waals surface area contributed by atoms with Crippen molar-refractivity contribution in [3.8, 4) is 0 Å². The molecule has 1 heterocycles. The van der Waals surface area contributed by atoms with Gasteiger partial charge in [-0.25, -0.2) is 8.78 Å². The Hall–Kier alpha value is -1.53. The summed E-state index contributed by atoms with van der Waals surface area (Å²) in [4.78, 5) is 13.6. The van der Waals surface area contributed by atoms with Gasteiger partial charge in [-0.1, -0.05) is 6.07 Å². The van der Waals surface area contributed by atoms with Crippen LogP contribution >= 0.6 is 0 Å². The number of halogens is 2. The molecule has 20 heavy (non-hydrogen) atoms. The number of aryl methyl sites for hydroxylation is 1. The molecule has 2 rings (SSSR count). The zero-order valence-electron chi connectivity index (χ0n) is 11.4. The number of amides is 1.